The first-order chi connectivity index (χ1) is 21.4. The number of ether oxygens (including phenoxy) is 2. The van der Waals surface area contributed by atoms with E-state index in [2.05, 4.69) is 64.3 Å². The number of aliphatic hydroxyl groups is 1. The number of aliphatic hydroxyl groups excluding tert-OH is 1. The van der Waals surface area contributed by atoms with E-state index < -0.39 is 29.8 Å². The molecule has 0 saturated carbocycles. The fourth-order valence-electron chi connectivity index (χ4n) is 5.35. The van der Waals surface area contributed by atoms with Gasteiger partial charge in [0.2, 0.25) is 11.6 Å². The molecule has 2 aromatic rings. The molecule has 46 heavy (non-hydrogen) atoms. The van der Waals surface area contributed by atoms with Crippen molar-refractivity contribution in [2.75, 3.05) is 6.54 Å². The van der Waals surface area contributed by atoms with Crippen molar-refractivity contribution in [3.63, 3.8) is 0 Å². The Morgan fingerprint density at radius 2 is 1.72 bits per heavy atom. The van der Waals surface area contributed by atoms with Gasteiger partial charge in [0.1, 0.15) is 11.4 Å². The van der Waals surface area contributed by atoms with Crippen molar-refractivity contribution < 1.29 is 28.9 Å². The summed E-state index contributed by atoms with van der Waals surface area (Å²) in [6.45, 7) is 20.7. The van der Waals surface area contributed by atoms with E-state index in [1.807, 2.05) is 12.1 Å². The number of carbonyl (C=O) groups excluding carboxylic acids is 2. The highest BCUT2D eigenvalue weighted by atomic mass is 16.6. The van der Waals surface area contributed by atoms with Gasteiger partial charge in [0.05, 0.1) is 12.1 Å². The molecule has 2 rings (SSSR count). The van der Waals surface area contributed by atoms with E-state index in [0.29, 0.717) is 25.1 Å². The van der Waals surface area contributed by atoms with Gasteiger partial charge in [0, 0.05) is 24.6 Å². The molecule has 9 heteroatoms. The molecule has 0 aliphatic carbocycles. The number of hydrogen-bond donors (Lipinski definition) is 3. The van der Waals surface area contributed by atoms with Gasteiger partial charge in [0.25, 0.3) is 0 Å². The van der Waals surface area contributed by atoms with Crippen LogP contribution in [0.2, 0.25) is 0 Å². The largest absolute Gasteiger partial charge is 0.618 e. The van der Waals surface area contributed by atoms with Gasteiger partial charge in [-0.25, -0.2) is 4.79 Å². The van der Waals surface area contributed by atoms with Gasteiger partial charge in [-0.2, -0.15) is 4.73 Å². The Morgan fingerprint density at radius 1 is 1.02 bits per heavy atom. The Morgan fingerprint density at radius 3 is 2.30 bits per heavy atom. The summed E-state index contributed by atoms with van der Waals surface area (Å²) in [4.78, 5) is 25.6. The number of amides is 2. The Kier molecular flexibility index (Phi) is 14.8. The number of alkyl carbamates (subject to hydrolysis) is 1. The van der Waals surface area contributed by atoms with Gasteiger partial charge in [-0.3, -0.25) is 4.79 Å². The van der Waals surface area contributed by atoms with Gasteiger partial charge in [0.15, 0.2) is 12.8 Å². The maximum absolute atomic E-state index is 12.9. The third-order valence-electron chi connectivity index (χ3n) is 8.17. The molecule has 0 aliphatic rings. The lowest BCUT2D eigenvalue weighted by Crippen LogP contribution is -2.48. The van der Waals surface area contributed by atoms with Crippen LogP contribution in [0.15, 0.2) is 42.6 Å². The van der Waals surface area contributed by atoms with Crippen LogP contribution in [0.3, 0.4) is 0 Å². The number of carbonyl (C=O) groups is 2. The molecule has 2 amide bonds. The highest BCUT2D eigenvalue weighted by Crippen LogP contribution is 2.34. The zero-order valence-corrected chi connectivity index (χ0v) is 29.8. The first-order valence-corrected chi connectivity index (χ1v) is 16.8. The number of hydrogen-bond acceptors (Lipinski definition) is 6. The first-order valence-electron chi connectivity index (χ1n) is 16.8. The zero-order chi connectivity index (χ0) is 34.7. The predicted octanol–water partition coefficient (Wildman–Crippen LogP) is 6.60. The van der Waals surface area contributed by atoms with Crippen LogP contribution in [-0.4, -0.2) is 41.4 Å². The Hall–Kier alpha value is -3.33. The number of rotatable bonds is 16. The minimum atomic E-state index is -0.951. The molecule has 0 radical (unpaired) electrons. The molecule has 0 bridgehead atoms. The van der Waals surface area contributed by atoms with E-state index in [1.165, 1.54) is 6.20 Å². The molecule has 0 saturated heterocycles. The molecule has 1 aromatic carbocycles. The zero-order valence-electron chi connectivity index (χ0n) is 29.8. The van der Waals surface area contributed by atoms with Crippen molar-refractivity contribution in [3.05, 3.63) is 64.6 Å². The minimum Gasteiger partial charge on any atom is -0.618 e. The Balaban J connectivity index is 2.31. The molecule has 1 aromatic heterocycles. The molecule has 1 heterocycles. The number of aromatic nitrogens is 1. The minimum absolute atomic E-state index is 0.0783. The SMILES string of the molecule is CCCCNC(=O)C(C)C[C@H](O)[C@H](C[C@H](Cc1ccc(C(C)(C)C)c(OCc2cccc[n+]2[O-])c1)C(C)C)NC(=O)OC(C)(C)C. The van der Waals surface area contributed by atoms with Crippen LogP contribution in [0.5, 0.6) is 5.75 Å². The third-order valence-corrected chi connectivity index (χ3v) is 8.17. The van der Waals surface area contributed by atoms with Crippen molar-refractivity contribution in [3.8, 4) is 5.75 Å². The lowest BCUT2D eigenvalue weighted by atomic mass is 9.80. The molecule has 9 nitrogen and oxygen atoms in total. The lowest BCUT2D eigenvalue weighted by molar-refractivity contribution is -0.616. The van der Waals surface area contributed by atoms with Crippen molar-refractivity contribution in [1.82, 2.24) is 10.6 Å². The second-order valence-corrected chi connectivity index (χ2v) is 14.9. The molecule has 258 valence electrons. The molecule has 0 fully saturated rings. The van der Waals surface area contributed by atoms with E-state index in [-0.39, 0.29) is 36.2 Å². The summed E-state index contributed by atoms with van der Waals surface area (Å²) in [5.41, 5.74) is 1.74. The molecule has 1 unspecified atom stereocenters. The molecular weight excluding hydrogens is 582 g/mol. The van der Waals surface area contributed by atoms with Gasteiger partial charge in [-0.15, -0.1) is 0 Å². The predicted molar refractivity (Wildman–Crippen MR) is 182 cm³/mol. The van der Waals surface area contributed by atoms with Gasteiger partial charge >= 0.3 is 6.09 Å². The van der Waals surface area contributed by atoms with E-state index in [9.17, 15) is 19.9 Å². The summed E-state index contributed by atoms with van der Waals surface area (Å²) >= 11 is 0. The van der Waals surface area contributed by atoms with Crippen molar-refractivity contribution in [2.45, 2.75) is 131 Å². The molecule has 0 aliphatic heterocycles. The number of pyridine rings is 1. The normalized spacial score (nSPS) is 14.7. The van der Waals surface area contributed by atoms with Gasteiger partial charge in [-0.1, -0.05) is 67.0 Å². The fourth-order valence-corrected chi connectivity index (χ4v) is 5.35. The summed E-state index contributed by atoms with van der Waals surface area (Å²) in [5, 5.41) is 29.5. The highest BCUT2D eigenvalue weighted by Gasteiger charge is 2.31. The van der Waals surface area contributed by atoms with Crippen molar-refractivity contribution in [1.29, 1.82) is 0 Å². The van der Waals surface area contributed by atoms with Crippen LogP contribution >= 0.6 is 0 Å². The van der Waals surface area contributed by atoms with Crippen molar-refractivity contribution in [2.24, 2.45) is 17.8 Å². The highest BCUT2D eigenvalue weighted by molar-refractivity contribution is 5.78. The van der Waals surface area contributed by atoms with Crippen LogP contribution < -0.4 is 20.1 Å². The van der Waals surface area contributed by atoms with E-state index in [4.69, 9.17) is 9.47 Å². The maximum Gasteiger partial charge on any atom is 0.407 e. The Labute approximate surface area is 277 Å². The van der Waals surface area contributed by atoms with Crippen LogP contribution in [0.1, 0.15) is 112 Å². The third kappa shape index (κ3) is 13.2. The topological polar surface area (TPSA) is 124 Å². The maximum atomic E-state index is 12.9. The second-order valence-electron chi connectivity index (χ2n) is 14.9. The summed E-state index contributed by atoms with van der Waals surface area (Å²) in [6.07, 6.45) is 3.17. The number of nitrogens with one attached hydrogen (secondary N) is 2. The summed E-state index contributed by atoms with van der Waals surface area (Å²) in [6, 6.07) is 10.9. The Bertz CT molecular complexity index is 1250. The molecule has 3 N–H and O–H groups in total. The fraction of sp³-hybridized carbons (Fsp3) is 0.649. The molecule has 0 spiro atoms. The standard InChI is InChI=1S/C37H59N3O6/c1-11-12-18-38-34(42)26(4)20-32(41)31(39-35(43)46-37(8,9)10)23-28(25(2)3)21-27-16-17-30(36(5,6)7)33(22-27)45-24-29-15-13-14-19-40(29)44/h13-17,19,22,25-26,28,31-32,41H,11-12,18,20-21,23-24H2,1-10H3,(H,38,42)(H,39,43)/t26?,28-,31-,32-/m0/s1. The smallest absolute Gasteiger partial charge is 0.407 e. The van der Waals surface area contributed by atoms with E-state index in [1.54, 1.807) is 39.8 Å². The average molecular weight is 642 g/mol. The number of unbranched alkanes of at least 4 members (excludes halogenated alkanes) is 1. The number of benzene rings is 1. The van der Waals surface area contributed by atoms with Gasteiger partial charge in [-0.05, 0) is 87.0 Å². The summed E-state index contributed by atoms with van der Waals surface area (Å²) < 4.78 is 12.6. The van der Waals surface area contributed by atoms with E-state index in [0.717, 1.165) is 34.4 Å². The lowest BCUT2D eigenvalue weighted by Gasteiger charge is -2.32. The van der Waals surface area contributed by atoms with Crippen LogP contribution in [-0.2, 0) is 28.0 Å². The van der Waals surface area contributed by atoms with Crippen LogP contribution in [0, 0.1) is 23.0 Å². The molecule has 4 atom stereocenters. The van der Waals surface area contributed by atoms with E-state index >= 15 is 0 Å². The van der Waals surface area contributed by atoms with Crippen LogP contribution in [0.4, 0.5) is 4.79 Å². The monoisotopic (exact) mass is 641 g/mol. The average Bonchev–Trinajstić information content (AvgIpc) is 2.94. The van der Waals surface area contributed by atoms with Crippen LogP contribution in [0.25, 0.3) is 0 Å². The number of nitrogens with zero attached hydrogens (tertiary/aromatic N) is 1. The first kappa shape index (κ1) is 38.9. The van der Waals surface area contributed by atoms with Crippen molar-refractivity contribution >= 4 is 12.0 Å². The van der Waals surface area contributed by atoms with Gasteiger partial charge < -0.3 is 30.4 Å². The summed E-state index contributed by atoms with van der Waals surface area (Å²) in [7, 11) is 0. The molecular formula is C37H59N3O6. The second kappa shape index (κ2) is 17.5. The summed E-state index contributed by atoms with van der Waals surface area (Å²) in [5.74, 6) is 0.500. The quantitative estimate of drug-likeness (QED) is 0.108.